The second-order valence-electron chi connectivity index (χ2n) is 2.97. The lowest BCUT2D eigenvalue weighted by atomic mass is 10.1. The lowest BCUT2D eigenvalue weighted by Crippen LogP contribution is -1.95. The van der Waals surface area contributed by atoms with Crippen molar-refractivity contribution in [1.29, 1.82) is 0 Å². The number of benzene rings is 1. The van der Waals surface area contributed by atoms with Crippen LogP contribution in [0.1, 0.15) is 18.1 Å². The zero-order chi connectivity index (χ0) is 9.68. The van der Waals surface area contributed by atoms with E-state index in [-0.39, 0.29) is 6.61 Å². The number of rotatable bonds is 4. The van der Waals surface area contributed by atoms with Gasteiger partial charge in [-0.05, 0) is 30.0 Å². The van der Waals surface area contributed by atoms with Gasteiger partial charge in [0.2, 0.25) is 0 Å². The van der Waals surface area contributed by atoms with E-state index in [1.54, 1.807) is 7.11 Å². The van der Waals surface area contributed by atoms with E-state index >= 15 is 0 Å². The predicted octanol–water partition coefficient (Wildman–Crippen LogP) is 1.79. The molecule has 1 N–H and O–H groups in total. The van der Waals surface area contributed by atoms with Crippen LogP contribution in [0.25, 0.3) is 0 Å². The van der Waals surface area contributed by atoms with Crippen molar-refractivity contribution in [3.05, 3.63) is 29.3 Å². The van der Waals surface area contributed by atoms with Gasteiger partial charge in [0.05, 0.1) is 7.11 Å². The van der Waals surface area contributed by atoms with E-state index in [4.69, 9.17) is 9.84 Å². The normalized spacial score (nSPS) is 10.1. The highest BCUT2D eigenvalue weighted by Gasteiger charge is 2.01. The third kappa shape index (κ3) is 2.46. The molecule has 1 aromatic rings. The third-order valence-corrected chi connectivity index (χ3v) is 2.13. The highest BCUT2D eigenvalue weighted by Crippen LogP contribution is 2.20. The first-order chi connectivity index (χ1) is 6.31. The number of methoxy groups -OCH3 is 1. The van der Waals surface area contributed by atoms with Crippen LogP contribution in [0.3, 0.4) is 0 Å². The third-order valence-electron chi connectivity index (χ3n) is 2.13. The van der Waals surface area contributed by atoms with Crippen molar-refractivity contribution >= 4 is 0 Å². The molecule has 0 spiro atoms. The Morgan fingerprint density at radius 2 is 2.15 bits per heavy atom. The van der Waals surface area contributed by atoms with Crippen LogP contribution >= 0.6 is 0 Å². The summed E-state index contributed by atoms with van der Waals surface area (Å²) in [5.74, 6) is 0.934. The molecule has 2 nitrogen and oxygen atoms in total. The lowest BCUT2D eigenvalue weighted by molar-refractivity contribution is 0.299. The van der Waals surface area contributed by atoms with Gasteiger partial charge in [0.25, 0.3) is 0 Å². The standard InChI is InChI=1S/C11H16O2/c1-3-10-8-9(6-7-12)4-5-11(10)13-2/h4-5,8,12H,3,6-7H2,1-2H3. The second-order valence-corrected chi connectivity index (χ2v) is 2.97. The minimum atomic E-state index is 0.204. The first-order valence-electron chi connectivity index (χ1n) is 4.58. The SMILES string of the molecule is CCc1cc(CCO)ccc1OC. The summed E-state index contributed by atoms with van der Waals surface area (Å²) < 4.78 is 5.21. The van der Waals surface area contributed by atoms with Crippen molar-refractivity contribution in [2.24, 2.45) is 0 Å². The maximum Gasteiger partial charge on any atom is 0.122 e. The van der Waals surface area contributed by atoms with Gasteiger partial charge < -0.3 is 9.84 Å². The number of hydrogen-bond acceptors (Lipinski definition) is 2. The number of aryl methyl sites for hydroxylation is 1. The summed E-state index contributed by atoms with van der Waals surface area (Å²) in [6, 6.07) is 6.05. The fraction of sp³-hybridized carbons (Fsp3) is 0.455. The van der Waals surface area contributed by atoms with Crippen LogP contribution < -0.4 is 4.74 Å². The van der Waals surface area contributed by atoms with E-state index < -0.39 is 0 Å². The minimum Gasteiger partial charge on any atom is -0.496 e. The molecular formula is C11H16O2. The van der Waals surface area contributed by atoms with Gasteiger partial charge in [0.15, 0.2) is 0 Å². The molecule has 0 fully saturated rings. The molecule has 0 aliphatic carbocycles. The Balaban J connectivity index is 2.91. The molecule has 0 bridgehead atoms. The molecule has 1 aromatic carbocycles. The number of ether oxygens (including phenoxy) is 1. The summed E-state index contributed by atoms with van der Waals surface area (Å²) in [7, 11) is 1.68. The lowest BCUT2D eigenvalue weighted by Gasteiger charge is -2.08. The molecule has 0 saturated carbocycles. The Morgan fingerprint density at radius 3 is 2.69 bits per heavy atom. The van der Waals surface area contributed by atoms with Crippen LogP contribution in [-0.4, -0.2) is 18.8 Å². The summed E-state index contributed by atoms with van der Waals surface area (Å²) in [6.07, 6.45) is 1.68. The van der Waals surface area contributed by atoms with Gasteiger partial charge in [-0.15, -0.1) is 0 Å². The smallest absolute Gasteiger partial charge is 0.122 e. The van der Waals surface area contributed by atoms with E-state index in [9.17, 15) is 0 Å². The molecule has 0 amide bonds. The molecule has 0 saturated heterocycles. The summed E-state index contributed by atoms with van der Waals surface area (Å²) in [4.78, 5) is 0. The summed E-state index contributed by atoms with van der Waals surface area (Å²) in [5.41, 5.74) is 2.37. The van der Waals surface area contributed by atoms with E-state index in [1.165, 1.54) is 11.1 Å². The molecule has 0 aromatic heterocycles. The van der Waals surface area contributed by atoms with E-state index in [1.807, 2.05) is 12.1 Å². The summed E-state index contributed by atoms with van der Waals surface area (Å²) in [6.45, 7) is 2.30. The van der Waals surface area contributed by atoms with Crippen molar-refractivity contribution < 1.29 is 9.84 Å². The molecule has 0 aliphatic rings. The molecule has 2 heteroatoms. The molecule has 1 rings (SSSR count). The Labute approximate surface area is 79.2 Å². The van der Waals surface area contributed by atoms with Crippen LogP contribution in [0.5, 0.6) is 5.75 Å². The molecule has 13 heavy (non-hydrogen) atoms. The van der Waals surface area contributed by atoms with Gasteiger partial charge >= 0.3 is 0 Å². The number of hydrogen-bond donors (Lipinski definition) is 1. The van der Waals surface area contributed by atoms with Crippen LogP contribution in [-0.2, 0) is 12.8 Å². The molecule has 0 atom stereocenters. The molecular weight excluding hydrogens is 164 g/mol. The van der Waals surface area contributed by atoms with Crippen LogP contribution in [0.4, 0.5) is 0 Å². The summed E-state index contributed by atoms with van der Waals surface area (Å²) in [5, 5.41) is 8.78. The maximum absolute atomic E-state index is 8.78. The predicted molar refractivity (Wildman–Crippen MR) is 53.2 cm³/mol. The Kier molecular flexibility index (Phi) is 3.77. The maximum atomic E-state index is 8.78. The molecule has 0 aliphatic heterocycles. The number of aliphatic hydroxyl groups is 1. The topological polar surface area (TPSA) is 29.5 Å². The highest BCUT2D eigenvalue weighted by molar-refractivity contribution is 5.37. The first kappa shape index (κ1) is 10.1. The molecule has 72 valence electrons. The van der Waals surface area contributed by atoms with Crippen molar-refractivity contribution in [3.8, 4) is 5.75 Å². The van der Waals surface area contributed by atoms with Crippen molar-refractivity contribution in [2.45, 2.75) is 19.8 Å². The fourth-order valence-electron chi connectivity index (χ4n) is 1.39. The second kappa shape index (κ2) is 4.87. The Morgan fingerprint density at radius 1 is 1.38 bits per heavy atom. The van der Waals surface area contributed by atoms with Gasteiger partial charge in [0, 0.05) is 6.61 Å². The molecule has 0 unspecified atom stereocenters. The van der Waals surface area contributed by atoms with Crippen LogP contribution in [0, 0.1) is 0 Å². The number of aliphatic hydroxyl groups excluding tert-OH is 1. The van der Waals surface area contributed by atoms with E-state index in [2.05, 4.69) is 13.0 Å². The van der Waals surface area contributed by atoms with Gasteiger partial charge in [-0.2, -0.15) is 0 Å². The van der Waals surface area contributed by atoms with E-state index in [0.717, 1.165) is 18.6 Å². The van der Waals surface area contributed by atoms with Gasteiger partial charge in [-0.25, -0.2) is 0 Å². The molecule has 0 heterocycles. The Bertz CT molecular complexity index is 269. The average Bonchev–Trinajstić information content (AvgIpc) is 2.18. The van der Waals surface area contributed by atoms with Crippen molar-refractivity contribution in [3.63, 3.8) is 0 Å². The zero-order valence-corrected chi connectivity index (χ0v) is 8.21. The van der Waals surface area contributed by atoms with Crippen LogP contribution in [0.2, 0.25) is 0 Å². The largest absolute Gasteiger partial charge is 0.496 e. The van der Waals surface area contributed by atoms with E-state index in [0.29, 0.717) is 0 Å². The summed E-state index contributed by atoms with van der Waals surface area (Å²) >= 11 is 0. The average molecular weight is 180 g/mol. The fourth-order valence-corrected chi connectivity index (χ4v) is 1.39. The van der Waals surface area contributed by atoms with Gasteiger partial charge in [0.1, 0.15) is 5.75 Å². The highest BCUT2D eigenvalue weighted by atomic mass is 16.5. The molecule has 0 radical (unpaired) electrons. The Hall–Kier alpha value is -1.02. The van der Waals surface area contributed by atoms with Crippen molar-refractivity contribution in [2.75, 3.05) is 13.7 Å². The first-order valence-corrected chi connectivity index (χ1v) is 4.58. The van der Waals surface area contributed by atoms with Crippen molar-refractivity contribution in [1.82, 2.24) is 0 Å². The quantitative estimate of drug-likeness (QED) is 0.765. The van der Waals surface area contributed by atoms with Gasteiger partial charge in [-0.1, -0.05) is 19.1 Å². The van der Waals surface area contributed by atoms with Gasteiger partial charge in [-0.3, -0.25) is 0 Å². The monoisotopic (exact) mass is 180 g/mol. The van der Waals surface area contributed by atoms with Crippen LogP contribution in [0.15, 0.2) is 18.2 Å². The minimum absolute atomic E-state index is 0.204. The zero-order valence-electron chi connectivity index (χ0n) is 8.21.